The fourth-order valence-corrected chi connectivity index (χ4v) is 8.50. The van der Waals surface area contributed by atoms with Gasteiger partial charge in [-0.2, -0.15) is 0 Å². The third kappa shape index (κ3) is 8.96. The fourth-order valence-electron chi connectivity index (χ4n) is 8.50. The quantitative estimate of drug-likeness (QED) is 0.198. The maximum Gasteiger partial charge on any atom is 0.126 e. The van der Waals surface area contributed by atoms with Gasteiger partial charge in [0.15, 0.2) is 0 Å². The van der Waals surface area contributed by atoms with Gasteiger partial charge in [0, 0.05) is 0 Å². The van der Waals surface area contributed by atoms with Gasteiger partial charge >= 0.3 is 0 Å². The van der Waals surface area contributed by atoms with Crippen LogP contribution in [0.25, 0.3) is 11.1 Å². The molecule has 0 aromatic heterocycles. The summed E-state index contributed by atoms with van der Waals surface area (Å²) in [6, 6.07) is 36.4. The van der Waals surface area contributed by atoms with Gasteiger partial charge in [0.1, 0.15) is 5.82 Å². The second-order valence-electron chi connectivity index (χ2n) is 14.2. The Hall–Kier alpha value is -3.19. The van der Waals surface area contributed by atoms with Crippen molar-refractivity contribution in [3.63, 3.8) is 0 Å². The first kappa shape index (κ1) is 31.8. The molecule has 1 heteroatoms. The average molecular weight is 601 g/mol. The van der Waals surface area contributed by atoms with E-state index in [1.807, 2.05) is 6.07 Å². The van der Waals surface area contributed by atoms with Crippen LogP contribution in [0.4, 0.5) is 4.39 Å². The lowest BCUT2D eigenvalue weighted by Gasteiger charge is -2.36. The monoisotopic (exact) mass is 600 g/mol. The van der Waals surface area contributed by atoms with E-state index in [9.17, 15) is 4.39 Å². The summed E-state index contributed by atoms with van der Waals surface area (Å²) >= 11 is 0. The molecule has 3 fully saturated rings. The minimum Gasteiger partial charge on any atom is -0.207 e. The summed E-state index contributed by atoms with van der Waals surface area (Å²) < 4.78 is 14.8. The van der Waals surface area contributed by atoms with Crippen molar-refractivity contribution in [3.8, 4) is 11.1 Å². The van der Waals surface area contributed by atoms with Crippen LogP contribution in [0, 0.1) is 17.7 Å². The maximum atomic E-state index is 14.8. The van der Waals surface area contributed by atoms with E-state index in [1.165, 1.54) is 118 Å². The molecule has 0 bridgehead atoms. The summed E-state index contributed by atoms with van der Waals surface area (Å²) in [5.74, 6) is 3.08. The molecule has 4 aromatic rings. The lowest BCUT2D eigenvalue weighted by molar-refractivity contribution is 0.185. The Morgan fingerprint density at radius 1 is 0.444 bits per heavy atom. The Morgan fingerprint density at radius 2 is 0.978 bits per heavy atom. The zero-order valence-corrected chi connectivity index (χ0v) is 27.3. The smallest absolute Gasteiger partial charge is 0.126 e. The first-order valence-electron chi connectivity index (χ1n) is 18.2. The summed E-state index contributed by atoms with van der Waals surface area (Å²) in [4.78, 5) is 0. The van der Waals surface area contributed by atoms with Gasteiger partial charge in [-0.1, -0.05) is 148 Å². The average Bonchev–Trinajstić information content (AvgIpc) is 3.13. The number of hydrogen-bond acceptors (Lipinski definition) is 0. The van der Waals surface area contributed by atoms with Crippen LogP contribution >= 0.6 is 0 Å². The van der Waals surface area contributed by atoms with E-state index < -0.39 is 0 Å². The predicted molar refractivity (Wildman–Crippen MR) is 189 cm³/mol. The van der Waals surface area contributed by atoms with Crippen molar-refractivity contribution in [1.82, 2.24) is 0 Å². The molecule has 0 aliphatic heterocycles. The lowest BCUT2D eigenvalue weighted by atomic mass is 9.70. The molecule has 4 aromatic carbocycles. The van der Waals surface area contributed by atoms with Gasteiger partial charge in [-0.15, -0.1) is 0 Å². The van der Waals surface area contributed by atoms with Crippen LogP contribution in [0.2, 0.25) is 0 Å². The molecule has 3 saturated carbocycles. The molecule has 0 atom stereocenters. The van der Waals surface area contributed by atoms with Crippen LogP contribution in [-0.4, -0.2) is 0 Å². The summed E-state index contributed by atoms with van der Waals surface area (Å²) in [6.07, 6.45) is 21.1. The molecule has 0 heterocycles. The zero-order chi connectivity index (χ0) is 30.7. The van der Waals surface area contributed by atoms with E-state index in [2.05, 4.69) is 97.1 Å². The molecule has 0 unspecified atom stereocenters. The largest absolute Gasteiger partial charge is 0.207 e. The number of halogens is 1. The van der Waals surface area contributed by atoms with Crippen molar-refractivity contribution in [3.05, 3.63) is 131 Å². The lowest BCUT2D eigenvalue weighted by Crippen LogP contribution is -2.23. The van der Waals surface area contributed by atoms with E-state index in [0.717, 1.165) is 30.2 Å². The Morgan fingerprint density at radius 3 is 1.60 bits per heavy atom. The minimum absolute atomic E-state index is 0.0872. The van der Waals surface area contributed by atoms with Crippen LogP contribution in [0.15, 0.2) is 103 Å². The summed E-state index contributed by atoms with van der Waals surface area (Å²) in [7, 11) is 0. The third-order valence-corrected chi connectivity index (χ3v) is 11.2. The van der Waals surface area contributed by atoms with Crippen LogP contribution in [0.3, 0.4) is 0 Å². The molecule has 236 valence electrons. The summed E-state index contributed by atoms with van der Waals surface area (Å²) in [5, 5.41) is 0. The highest BCUT2D eigenvalue weighted by atomic mass is 19.1. The van der Waals surface area contributed by atoms with Crippen LogP contribution in [0.1, 0.15) is 124 Å². The number of benzene rings is 4. The summed E-state index contributed by atoms with van der Waals surface area (Å²) in [6.45, 7) is 0. The third-order valence-electron chi connectivity index (χ3n) is 11.2. The van der Waals surface area contributed by atoms with Gasteiger partial charge in [0.05, 0.1) is 0 Å². The molecule has 3 aliphatic carbocycles. The second kappa shape index (κ2) is 16.4. The molecule has 7 rings (SSSR count). The fraction of sp³-hybridized carbons (Fsp3) is 0.455. The van der Waals surface area contributed by atoms with Crippen molar-refractivity contribution >= 4 is 0 Å². The first-order valence-corrected chi connectivity index (χ1v) is 18.2. The maximum absolute atomic E-state index is 14.8. The van der Waals surface area contributed by atoms with Crippen molar-refractivity contribution in [2.75, 3.05) is 0 Å². The van der Waals surface area contributed by atoms with E-state index in [1.54, 1.807) is 0 Å². The van der Waals surface area contributed by atoms with Crippen molar-refractivity contribution < 1.29 is 4.39 Å². The van der Waals surface area contributed by atoms with Crippen molar-refractivity contribution in [2.24, 2.45) is 11.8 Å². The molecule has 0 amide bonds. The summed E-state index contributed by atoms with van der Waals surface area (Å²) in [5.41, 5.74) is 7.64. The van der Waals surface area contributed by atoms with Crippen LogP contribution in [0.5, 0.6) is 0 Å². The Labute approximate surface area is 272 Å². The SMILES string of the molecule is Fc1cc(C2CCCCC2)ccc1C1CCC(C2CCCCC2)CC1.c1ccc(CCc2ccc(-c3ccccc3)cc2)cc1. The highest BCUT2D eigenvalue weighted by molar-refractivity contribution is 5.63. The molecule has 0 saturated heterocycles. The van der Waals surface area contributed by atoms with Gasteiger partial charge < -0.3 is 0 Å². The highest BCUT2D eigenvalue weighted by Gasteiger charge is 2.30. The molecule has 3 aliphatic rings. The van der Waals surface area contributed by atoms with Gasteiger partial charge in [-0.25, -0.2) is 4.39 Å². The van der Waals surface area contributed by atoms with Crippen LogP contribution in [-0.2, 0) is 12.8 Å². The van der Waals surface area contributed by atoms with Crippen molar-refractivity contribution in [1.29, 1.82) is 0 Å². The second-order valence-corrected chi connectivity index (χ2v) is 14.2. The normalized spacial score (nSPS) is 21.1. The molecule has 45 heavy (non-hydrogen) atoms. The van der Waals surface area contributed by atoms with E-state index in [-0.39, 0.29) is 5.82 Å². The molecular weight excluding hydrogens is 547 g/mol. The molecule has 0 N–H and O–H groups in total. The standard InChI is InChI=1S/C24H35F.C20H18/c25-24-17-22(19-9-5-2-6-10-19)15-16-23(24)21-13-11-20(12-14-21)18-7-3-1-4-8-18;1-3-7-17(8-4-1)11-12-18-13-15-20(16-14-18)19-9-5-2-6-10-19/h15-21H,1-14H2;1-10,13-16H,11-12H2. The van der Waals surface area contributed by atoms with E-state index in [4.69, 9.17) is 0 Å². The van der Waals surface area contributed by atoms with E-state index >= 15 is 0 Å². The molecule has 0 spiro atoms. The van der Waals surface area contributed by atoms with Gasteiger partial charge in [0.25, 0.3) is 0 Å². The zero-order valence-electron chi connectivity index (χ0n) is 27.3. The molecule has 0 nitrogen and oxygen atoms in total. The predicted octanol–water partition coefficient (Wildman–Crippen LogP) is 12.9. The van der Waals surface area contributed by atoms with E-state index in [0.29, 0.717) is 11.8 Å². The number of aryl methyl sites for hydroxylation is 2. The molecular formula is C44H53F. The first-order chi connectivity index (χ1) is 22.2. The van der Waals surface area contributed by atoms with Gasteiger partial charge in [-0.3, -0.25) is 0 Å². The molecule has 0 radical (unpaired) electrons. The Kier molecular flexibility index (Phi) is 11.6. The van der Waals surface area contributed by atoms with Crippen LogP contribution < -0.4 is 0 Å². The topological polar surface area (TPSA) is 0 Å². The minimum atomic E-state index is 0.0872. The Balaban J connectivity index is 0.000000163. The van der Waals surface area contributed by atoms with Crippen molar-refractivity contribution in [2.45, 2.75) is 115 Å². The number of hydrogen-bond donors (Lipinski definition) is 0. The Bertz CT molecular complexity index is 1400. The highest BCUT2D eigenvalue weighted by Crippen LogP contribution is 2.44. The van der Waals surface area contributed by atoms with Gasteiger partial charge in [0.2, 0.25) is 0 Å². The number of rotatable bonds is 7. The van der Waals surface area contributed by atoms with Gasteiger partial charge in [-0.05, 0) is 114 Å².